The average Bonchev–Trinajstić information content (AvgIpc) is 3.01. The van der Waals surface area contributed by atoms with Gasteiger partial charge in [0.05, 0.1) is 0 Å². The zero-order valence-corrected chi connectivity index (χ0v) is 11.2. The number of anilines is 1. The molecule has 2 aromatic heterocycles. The largest absolute Gasteiger partial charge is 0.379 e. The number of nitrogens with zero attached hydrogens (tertiary/aromatic N) is 4. The van der Waals surface area contributed by atoms with E-state index in [0.29, 0.717) is 12.2 Å². The van der Waals surface area contributed by atoms with Crippen LogP contribution in [0, 0.1) is 0 Å². The van der Waals surface area contributed by atoms with E-state index in [0.717, 1.165) is 10.0 Å². The molecule has 2 heterocycles. The van der Waals surface area contributed by atoms with Crippen LogP contribution in [-0.2, 0) is 6.42 Å². The van der Waals surface area contributed by atoms with Crippen molar-refractivity contribution in [2.24, 2.45) is 0 Å². The van der Waals surface area contributed by atoms with Gasteiger partial charge in [-0.05, 0) is 21.9 Å². The standard InChI is InChI=1S/C11H8BrN5O2/c12-7-4-2-1-3-6(7)5-8-14-11(18-15-8)9-10(13)17-19-16-9/h1-4H,5H2,(H2,13,17). The number of benzene rings is 1. The molecule has 2 N–H and O–H groups in total. The Hall–Kier alpha value is -2.22. The molecule has 1 aromatic carbocycles. The molecule has 0 aliphatic heterocycles. The van der Waals surface area contributed by atoms with Crippen molar-refractivity contribution in [3.05, 3.63) is 40.1 Å². The zero-order chi connectivity index (χ0) is 13.2. The van der Waals surface area contributed by atoms with E-state index < -0.39 is 0 Å². The van der Waals surface area contributed by atoms with Crippen molar-refractivity contribution in [2.45, 2.75) is 6.42 Å². The minimum atomic E-state index is 0.121. The second-order valence-electron chi connectivity index (χ2n) is 3.78. The molecule has 3 rings (SSSR count). The minimum absolute atomic E-state index is 0.121. The van der Waals surface area contributed by atoms with Crippen molar-refractivity contribution < 1.29 is 9.15 Å². The van der Waals surface area contributed by atoms with Crippen LogP contribution in [0.3, 0.4) is 0 Å². The van der Waals surface area contributed by atoms with E-state index in [-0.39, 0.29) is 17.4 Å². The van der Waals surface area contributed by atoms with Gasteiger partial charge in [-0.15, -0.1) is 0 Å². The van der Waals surface area contributed by atoms with Crippen molar-refractivity contribution in [3.8, 4) is 11.6 Å². The van der Waals surface area contributed by atoms with Crippen molar-refractivity contribution >= 4 is 21.7 Å². The highest BCUT2D eigenvalue weighted by Gasteiger charge is 2.17. The lowest BCUT2D eigenvalue weighted by molar-refractivity contribution is 0.308. The van der Waals surface area contributed by atoms with Gasteiger partial charge in [-0.3, -0.25) is 0 Å². The van der Waals surface area contributed by atoms with Crippen molar-refractivity contribution in [1.82, 2.24) is 20.5 Å². The number of aromatic nitrogens is 4. The monoisotopic (exact) mass is 321 g/mol. The van der Waals surface area contributed by atoms with Crippen LogP contribution < -0.4 is 5.73 Å². The number of nitrogen functional groups attached to an aromatic ring is 1. The molecule has 19 heavy (non-hydrogen) atoms. The van der Waals surface area contributed by atoms with Crippen LogP contribution in [-0.4, -0.2) is 20.5 Å². The Morgan fingerprint density at radius 1 is 1.16 bits per heavy atom. The maximum absolute atomic E-state index is 5.56. The fraction of sp³-hybridized carbons (Fsp3) is 0.0909. The summed E-state index contributed by atoms with van der Waals surface area (Å²) in [6, 6.07) is 7.82. The van der Waals surface area contributed by atoms with Crippen LogP contribution in [0.15, 0.2) is 37.9 Å². The van der Waals surface area contributed by atoms with E-state index in [1.54, 1.807) is 0 Å². The first-order chi connectivity index (χ1) is 9.24. The fourth-order valence-electron chi connectivity index (χ4n) is 1.58. The maximum atomic E-state index is 5.56. The van der Waals surface area contributed by atoms with Gasteiger partial charge in [-0.1, -0.05) is 39.3 Å². The first kappa shape index (κ1) is 11.8. The van der Waals surface area contributed by atoms with Gasteiger partial charge in [-0.25, -0.2) is 4.63 Å². The molecular formula is C11H8BrN5O2. The second-order valence-corrected chi connectivity index (χ2v) is 4.64. The van der Waals surface area contributed by atoms with E-state index in [1.807, 2.05) is 24.3 Å². The summed E-state index contributed by atoms with van der Waals surface area (Å²) in [5, 5.41) is 10.9. The van der Waals surface area contributed by atoms with Gasteiger partial charge in [0, 0.05) is 10.9 Å². The summed E-state index contributed by atoms with van der Waals surface area (Å²) in [6.07, 6.45) is 0.538. The van der Waals surface area contributed by atoms with Gasteiger partial charge < -0.3 is 10.3 Å². The van der Waals surface area contributed by atoms with Crippen LogP contribution in [0.1, 0.15) is 11.4 Å². The summed E-state index contributed by atoms with van der Waals surface area (Å²) in [7, 11) is 0. The van der Waals surface area contributed by atoms with Gasteiger partial charge in [0.15, 0.2) is 5.82 Å². The highest BCUT2D eigenvalue weighted by molar-refractivity contribution is 9.10. The predicted octanol–water partition coefficient (Wildman–Crippen LogP) is 2.06. The highest BCUT2D eigenvalue weighted by Crippen LogP contribution is 2.22. The number of nitrogens with two attached hydrogens (primary N) is 1. The summed E-state index contributed by atoms with van der Waals surface area (Å²) < 4.78 is 10.6. The van der Waals surface area contributed by atoms with Gasteiger partial charge in [0.25, 0.3) is 5.89 Å². The maximum Gasteiger partial charge on any atom is 0.284 e. The molecule has 0 aliphatic carbocycles. The molecule has 0 spiro atoms. The first-order valence-electron chi connectivity index (χ1n) is 5.38. The van der Waals surface area contributed by atoms with E-state index in [2.05, 4.69) is 41.0 Å². The summed E-state index contributed by atoms with van der Waals surface area (Å²) in [5.74, 6) is 0.848. The molecule has 0 atom stereocenters. The third-order valence-electron chi connectivity index (χ3n) is 2.49. The lowest BCUT2D eigenvalue weighted by atomic mass is 10.1. The fourth-order valence-corrected chi connectivity index (χ4v) is 2.00. The number of hydrogen-bond acceptors (Lipinski definition) is 7. The number of halogens is 1. The molecule has 7 nitrogen and oxygen atoms in total. The van der Waals surface area contributed by atoms with Gasteiger partial charge in [0.1, 0.15) is 0 Å². The predicted molar refractivity (Wildman–Crippen MR) is 69.0 cm³/mol. The van der Waals surface area contributed by atoms with Gasteiger partial charge in [-0.2, -0.15) is 4.98 Å². The van der Waals surface area contributed by atoms with Gasteiger partial charge >= 0.3 is 0 Å². The molecule has 0 fully saturated rings. The van der Waals surface area contributed by atoms with Gasteiger partial charge in [0.2, 0.25) is 11.5 Å². The third kappa shape index (κ3) is 2.34. The molecule has 0 bridgehead atoms. The Labute approximate surface area is 115 Å². The van der Waals surface area contributed by atoms with Crippen LogP contribution in [0.2, 0.25) is 0 Å². The Balaban J connectivity index is 1.87. The second kappa shape index (κ2) is 4.81. The topological polar surface area (TPSA) is 104 Å². The molecule has 0 unspecified atom stereocenters. The summed E-state index contributed by atoms with van der Waals surface area (Å²) in [5.41, 5.74) is 6.87. The van der Waals surface area contributed by atoms with Crippen LogP contribution in [0.25, 0.3) is 11.6 Å². The number of hydrogen-bond donors (Lipinski definition) is 1. The normalized spacial score (nSPS) is 10.8. The minimum Gasteiger partial charge on any atom is -0.379 e. The van der Waals surface area contributed by atoms with Crippen molar-refractivity contribution in [1.29, 1.82) is 0 Å². The Kier molecular flexibility index (Phi) is 3.00. The van der Waals surface area contributed by atoms with E-state index in [4.69, 9.17) is 10.3 Å². The van der Waals surface area contributed by atoms with Crippen LogP contribution in [0.4, 0.5) is 5.82 Å². The average molecular weight is 322 g/mol. The molecule has 0 radical (unpaired) electrons. The molecular weight excluding hydrogens is 314 g/mol. The first-order valence-corrected chi connectivity index (χ1v) is 6.17. The van der Waals surface area contributed by atoms with Crippen LogP contribution >= 0.6 is 15.9 Å². The zero-order valence-electron chi connectivity index (χ0n) is 9.58. The van der Waals surface area contributed by atoms with E-state index in [1.165, 1.54) is 0 Å². The molecule has 0 aliphatic rings. The Bertz CT molecular complexity index is 708. The molecule has 0 saturated heterocycles. The summed E-state index contributed by atoms with van der Waals surface area (Å²) >= 11 is 3.47. The molecule has 3 aromatic rings. The SMILES string of the molecule is Nc1nonc1-c1nc(Cc2ccccc2Br)no1. The molecule has 8 heteroatoms. The molecule has 0 amide bonds. The van der Waals surface area contributed by atoms with E-state index in [9.17, 15) is 0 Å². The van der Waals surface area contributed by atoms with Crippen molar-refractivity contribution in [3.63, 3.8) is 0 Å². The summed E-state index contributed by atoms with van der Waals surface area (Å²) in [6.45, 7) is 0. The lowest BCUT2D eigenvalue weighted by Crippen LogP contribution is -1.92. The molecule has 96 valence electrons. The Morgan fingerprint density at radius 3 is 2.74 bits per heavy atom. The quantitative estimate of drug-likeness (QED) is 0.787. The number of rotatable bonds is 3. The Morgan fingerprint density at radius 2 is 2.00 bits per heavy atom. The molecule has 0 saturated carbocycles. The van der Waals surface area contributed by atoms with Crippen LogP contribution in [0.5, 0.6) is 0 Å². The third-order valence-corrected chi connectivity index (χ3v) is 3.26. The summed E-state index contributed by atoms with van der Waals surface area (Å²) in [4.78, 5) is 4.21. The van der Waals surface area contributed by atoms with Crippen molar-refractivity contribution in [2.75, 3.05) is 5.73 Å². The smallest absolute Gasteiger partial charge is 0.284 e. The van der Waals surface area contributed by atoms with E-state index >= 15 is 0 Å². The lowest BCUT2D eigenvalue weighted by Gasteiger charge is -1.99. The highest BCUT2D eigenvalue weighted by atomic mass is 79.9.